The maximum Gasteiger partial charge on any atom is 0.190 e. The van der Waals surface area contributed by atoms with Crippen molar-refractivity contribution in [3.05, 3.63) is 23.8 Å². The topological polar surface area (TPSA) is 54.9 Å². The molecule has 0 heterocycles. The Hall–Kier alpha value is -0.830. The van der Waals surface area contributed by atoms with Gasteiger partial charge in [0.05, 0.1) is 14.2 Å². The van der Waals surface area contributed by atoms with Gasteiger partial charge in [0.2, 0.25) is 0 Å². The van der Waals surface area contributed by atoms with Gasteiger partial charge in [0.1, 0.15) is 0 Å². The molecule has 0 radical (unpaired) electrons. The highest BCUT2D eigenvalue weighted by Crippen LogP contribution is 2.27. The van der Waals surface area contributed by atoms with Gasteiger partial charge >= 0.3 is 0 Å². The van der Waals surface area contributed by atoms with Crippen LogP contribution in [0.25, 0.3) is 0 Å². The number of aliphatic imine (C=N–C) groups is 1. The van der Waals surface area contributed by atoms with Crippen molar-refractivity contribution in [2.45, 2.75) is 25.7 Å². The summed E-state index contributed by atoms with van der Waals surface area (Å²) in [6.07, 6.45) is 6.57. The summed E-state index contributed by atoms with van der Waals surface area (Å²) >= 11 is 1.90. The van der Waals surface area contributed by atoms with E-state index in [1.807, 2.05) is 30.9 Å². The molecule has 1 rings (SSSR count). The number of guanidine groups is 1. The third-order valence-corrected chi connectivity index (χ3v) is 4.37. The van der Waals surface area contributed by atoms with Gasteiger partial charge < -0.3 is 20.1 Å². The Morgan fingerprint density at radius 1 is 1.04 bits per heavy atom. The summed E-state index contributed by atoms with van der Waals surface area (Å²) in [5.74, 6) is 3.65. The minimum absolute atomic E-state index is 0. The molecule has 0 amide bonds. The lowest BCUT2D eigenvalue weighted by atomic mass is 10.1. The number of benzene rings is 1. The van der Waals surface area contributed by atoms with E-state index >= 15 is 0 Å². The Morgan fingerprint density at radius 2 is 1.72 bits per heavy atom. The molecule has 7 heteroatoms. The second kappa shape index (κ2) is 15.4. The summed E-state index contributed by atoms with van der Waals surface area (Å²) < 4.78 is 10.6. The van der Waals surface area contributed by atoms with Gasteiger partial charge in [0.15, 0.2) is 17.5 Å². The van der Waals surface area contributed by atoms with E-state index in [9.17, 15) is 0 Å². The first-order chi connectivity index (χ1) is 11.7. The lowest BCUT2D eigenvalue weighted by Crippen LogP contribution is -2.38. The Morgan fingerprint density at radius 3 is 2.32 bits per heavy atom. The van der Waals surface area contributed by atoms with Crippen LogP contribution in [0.1, 0.15) is 24.8 Å². The second-order valence-electron chi connectivity index (χ2n) is 5.42. The number of methoxy groups -OCH3 is 2. The molecule has 0 atom stereocenters. The molecule has 0 aliphatic carbocycles. The van der Waals surface area contributed by atoms with Crippen molar-refractivity contribution in [1.82, 2.24) is 10.6 Å². The van der Waals surface area contributed by atoms with Crippen LogP contribution in [0.5, 0.6) is 11.5 Å². The first kappa shape index (κ1) is 24.2. The summed E-state index contributed by atoms with van der Waals surface area (Å²) in [4.78, 5) is 4.25. The summed E-state index contributed by atoms with van der Waals surface area (Å²) in [7, 11) is 5.13. The average molecular weight is 481 g/mol. The molecular weight excluding hydrogens is 449 g/mol. The number of nitrogens with zero attached hydrogens (tertiary/aromatic N) is 1. The number of thioether (sulfide) groups is 1. The van der Waals surface area contributed by atoms with Crippen LogP contribution < -0.4 is 20.1 Å². The molecule has 0 bridgehead atoms. The number of rotatable bonds is 11. The van der Waals surface area contributed by atoms with E-state index in [1.165, 1.54) is 24.2 Å². The molecule has 0 unspecified atom stereocenters. The number of unbranched alkanes of at least 4 members (excludes halogenated alkanes) is 1. The summed E-state index contributed by atoms with van der Waals surface area (Å²) in [6.45, 7) is 1.86. The molecule has 1 aromatic rings. The van der Waals surface area contributed by atoms with Crippen LogP contribution in [0.3, 0.4) is 0 Å². The Kier molecular flexibility index (Phi) is 14.9. The van der Waals surface area contributed by atoms with Gasteiger partial charge in [-0.05, 0) is 55.4 Å². The molecule has 0 aliphatic heterocycles. The van der Waals surface area contributed by atoms with E-state index < -0.39 is 0 Å². The number of nitrogens with one attached hydrogen (secondary N) is 2. The molecule has 0 saturated carbocycles. The number of hydrogen-bond donors (Lipinski definition) is 2. The van der Waals surface area contributed by atoms with Crippen LogP contribution >= 0.6 is 35.7 Å². The van der Waals surface area contributed by atoms with Crippen LogP contribution in [-0.2, 0) is 6.42 Å². The molecule has 144 valence electrons. The van der Waals surface area contributed by atoms with E-state index in [0.29, 0.717) is 0 Å². The van der Waals surface area contributed by atoms with Gasteiger partial charge in [-0.25, -0.2) is 0 Å². The van der Waals surface area contributed by atoms with Crippen LogP contribution in [0, 0.1) is 0 Å². The minimum atomic E-state index is 0. The fraction of sp³-hybridized carbons (Fsp3) is 0.611. The van der Waals surface area contributed by atoms with Gasteiger partial charge in [-0.2, -0.15) is 11.8 Å². The number of ether oxygens (including phenoxy) is 2. The largest absolute Gasteiger partial charge is 0.493 e. The standard InChI is InChI=1S/C18H31N3O2S.HI/c1-19-18(20-11-5-6-13-24-4)21-12-7-8-15-9-10-16(22-2)17(14-15)23-3;/h9-10,14H,5-8,11-13H2,1-4H3,(H2,19,20,21);1H. The normalized spacial score (nSPS) is 10.8. The second-order valence-corrected chi connectivity index (χ2v) is 6.40. The molecule has 0 aliphatic rings. The zero-order valence-electron chi connectivity index (χ0n) is 15.8. The first-order valence-electron chi connectivity index (χ1n) is 8.39. The zero-order valence-corrected chi connectivity index (χ0v) is 18.9. The van der Waals surface area contributed by atoms with Gasteiger partial charge in [-0.1, -0.05) is 6.07 Å². The summed E-state index contributed by atoms with van der Waals surface area (Å²) in [6, 6.07) is 6.08. The van der Waals surface area contributed by atoms with Crippen molar-refractivity contribution in [2.24, 2.45) is 4.99 Å². The lowest BCUT2D eigenvalue weighted by Gasteiger charge is -2.12. The van der Waals surface area contributed by atoms with Gasteiger partial charge in [0.25, 0.3) is 0 Å². The van der Waals surface area contributed by atoms with Crippen molar-refractivity contribution >= 4 is 41.7 Å². The van der Waals surface area contributed by atoms with Gasteiger partial charge in [0, 0.05) is 20.1 Å². The lowest BCUT2D eigenvalue weighted by molar-refractivity contribution is 0.354. The van der Waals surface area contributed by atoms with Crippen molar-refractivity contribution in [3.8, 4) is 11.5 Å². The third-order valence-electron chi connectivity index (χ3n) is 3.67. The highest BCUT2D eigenvalue weighted by atomic mass is 127. The molecule has 0 fully saturated rings. The zero-order chi connectivity index (χ0) is 17.6. The number of hydrogen-bond acceptors (Lipinski definition) is 4. The Labute approximate surface area is 173 Å². The number of halogens is 1. The fourth-order valence-corrected chi connectivity index (χ4v) is 2.83. The van der Waals surface area contributed by atoms with Crippen molar-refractivity contribution < 1.29 is 9.47 Å². The van der Waals surface area contributed by atoms with Crippen LogP contribution in [0.15, 0.2) is 23.2 Å². The van der Waals surface area contributed by atoms with E-state index in [1.54, 1.807) is 14.2 Å². The first-order valence-corrected chi connectivity index (χ1v) is 9.79. The molecular formula is C18H32IN3O2S. The maximum atomic E-state index is 5.34. The maximum absolute atomic E-state index is 5.34. The van der Waals surface area contributed by atoms with E-state index in [2.05, 4.69) is 27.9 Å². The van der Waals surface area contributed by atoms with E-state index in [-0.39, 0.29) is 24.0 Å². The third kappa shape index (κ3) is 10.0. The van der Waals surface area contributed by atoms with Crippen molar-refractivity contribution in [1.29, 1.82) is 0 Å². The highest BCUT2D eigenvalue weighted by Gasteiger charge is 2.04. The van der Waals surface area contributed by atoms with Crippen molar-refractivity contribution in [2.75, 3.05) is 46.4 Å². The van der Waals surface area contributed by atoms with Crippen LogP contribution in [0.2, 0.25) is 0 Å². The summed E-state index contributed by atoms with van der Waals surface area (Å²) in [5.41, 5.74) is 1.24. The quantitative estimate of drug-likeness (QED) is 0.219. The molecule has 0 spiro atoms. The SMILES string of the molecule is CN=C(NCCCCSC)NCCCc1ccc(OC)c(OC)c1.I. The van der Waals surface area contributed by atoms with Gasteiger partial charge in [-0.3, -0.25) is 4.99 Å². The number of aryl methyl sites for hydroxylation is 1. The smallest absolute Gasteiger partial charge is 0.190 e. The molecule has 25 heavy (non-hydrogen) atoms. The van der Waals surface area contributed by atoms with Crippen molar-refractivity contribution in [3.63, 3.8) is 0 Å². The monoisotopic (exact) mass is 481 g/mol. The van der Waals surface area contributed by atoms with E-state index in [4.69, 9.17) is 9.47 Å². The van der Waals surface area contributed by atoms with Crippen LogP contribution in [-0.4, -0.2) is 52.3 Å². The molecule has 0 aromatic heterocycles. The summed E-state index contributed by atoms with van der Waals surface area (Å²) in [5, 5.41) is 6.71. The predicted molar refractivity (Wildman–Crippen MR) is 120 cm³/mol. The molecule has 5 nitrogen and oxygen atoms in total. The predicted octanol–water partition coefficient (Wildman–Crippen LogP) is 3.56. The van der Waals surface area contributed by atoms with Gasteiger partial charge in [-0.15, -0.1) is 24.0 Å². The Balaban J connectivity index is 0.00000576. The molecule has 2 N–H and O–H groups in total. The molecule has 1 aromatic carbocycles. The minimum Gasteiger partial charge on any atom is -0.493 e. The molecule has 0 saturated heterocycles. The Bertz CT molecular complexity index is 501. The van der Waals surface area contributed by atoms with Crippen LogP contribution in [0.4, 0.5) is 0 Å². The average Bonchev–Trinajstić information content (AvgIpc) is 2.62. The fourth-order valence-electron chi connectivity index (χ4n) is 2.33. The highest BCUT2D eigenvalue weighted by molar-refractivity contribution is 14.0. The van der Waals surface area contributed by atoms with E-state index in [0.717, 1.165) is 43.4 Å².